The molecule has 3 rings (SSSR count). The maximum atomic E-state index is 12.2. The summed E-state index contributed by atoms with van der Waals surface area (Å²) in [5, 5.41) is 6.08. The second kappa shape index (κ2) is 5.32. The molecule has 21 heavy (non-hydrogen) atoms. The smallest absolute Gasteiger partial charge is 0.256 e. The molecule has 2 aromatic rings. The zero-order valence-corrected chi connectivity index (χ0v) is 11.7. The molecule has 0 fully saturated rings. The number of rotatable bonds is 3. The highest BCUT2D eigenvalue weighted by atomic mass is 16.5. The Morgan fingerprint density at radius 3 is 2.71 bits per heavy atom. The van der Waals surface area contributed by atoms with Gasteiger partial charge in [-0.1, -0.05) is 12.1 Å². The molecule has 1 aliphatic heterocycles. The summed E-state index contributed by atoms with van der Waals surface area (Å²) >= 11 is 0. The van der Waals surface area contributed by atoms with Crippen molar-refractivity contribution in [2.45, 2.75) is 6.17 Å². The number of pyridine rings is 1. The number of fused-ring (bicyclic) bond motifs is 1. The summed E-state index contributed by atoms with van der Waals surface area (Å²) < 4.78 is 10.7. The minimum atomic E-state index is -0.426. The number of hydrogen-bond acceptors (Lipinski definition) is 5. The highest BCUT2D eigenvalue weighted by molar-refractivity contribution is 6.00. The summed E-state index contributed by atoms with van der Waals surface area (Å²) in [5.41, 5.74) is 1.30. The molecule has 108 valence electrons. The van der Waals surface area contributed by atoms with E-state index in [1.54, 1.807) is 38.6 Å². The maximum Gasteiger partial charge on any atom is 0.256 e. The van der Waals surface area contributed by atoms with Crippen molar-refractivity contribution in [1.29, 1.82) is 0 Å². The van der Waals surface area contributed by atoms with Gasteiger partial charge in [0.15, 0.2) is 11.5 Å². The van der Waals surface area contributed by atoms with Crippen LogP contribution in [0.25, 0.3) is 0 Å². The van der Waals surface area contributed by atoms with Crippen molar-refractivity contribution in [3.05, 3.63) is 47.7 Å². The molecule has 0 radical (unpaired) electrons. The zero-order chi connectivity index (χ0) is 14.8. The number of hydrogen-bond donors (Lipinski definition) is 2. The van der Waals surface area contributed by atoms with Crippen molar-refractivity contribution in [3.8, 4) is 11.5 Å². The van der Waals surface area contributed by atoms with Crippen LogP contribution in [0.15, 0.2) is 36.5 Å². The highest BCUT2D eigenvalue weighted by Gasteiger charge is 2.28. The molecule has 0 saturated heterocycles. The number of benzene rings is 1. The molecule has 6 heteroatoms. The second-order valence-electron chi connectivity index (χ2n) is 4.53. The third-order valence-electron chi connectivity index (χ3n) is 3.35. The van der Waals surface area contributed by atoms with Crippen molar-refractivity contribution >= 4 is 11.7 Å². The van der Waals surface area contributed by atoms with E-state index in [1.165, 1.54) is 0 Å². The van der Waals surface area contributed by atoms with E-state index < -0.39 is 6.17 Å². The van der Waals surface area contributed by atoms with Gasteiger partial charge in [-0.15, -0.1) is 0 Å². The van der Waals surface area contributed by atoms with Crippen LogP contribution < -0.4 is 20.1 Å². The first kappa shape index (κ1) is 13.2. The Hall–Kier alpha value is -2.76. The van der Waals surface area contributed by atoms with Gasteiger partial charge in [0.05, 0.1) is 19.8 Å². The van der Waals surface area contributed by atoms with Crippen LogP contribution in [0.1, 0.15) is 22.1 Å². The quantitative estimate of drug-likeness (QED) is 0.902. The van der Waals surface area contributed by atoms with Gasteiger partial charge in [0.25, 0.3) is 5.91 Å². The fourth-order valence-corrected chi connectivity index (χ4v) is 2.38. The van der Waals surface area contributed by atoms with E-state index in [2.05, 4.69) is 15.6 Å². The number of para-hydroxylation sites is 1. The molecule has 2 heterocycles. The van der Waals surface area contributed by atoms with Gasteiger partial charge in [-0.05, 0) is 18.2 Å². The van der Waals surface area contributed by atoms with Crippen LogP contribution in [0.4, 0.5) is 5.82 Å². The molecule has 0 spiro atoms. The van der Waals surface area contributed by atoms with E-state index in [0.717, 1.165) is 5.56 Å². The number of nitrogens with zero attached hydrogens (tertiary/aromatic N) is 1. The minimum Gasteiger partial charge on any atom is -0.493 e. The van der Waals surface area contributed by atoms with Crippen LogP contribution in [-0.4, -0.2) is 25.1 Å². The second-order valence-corrected chi connectivity index (χ2v) is 4.53. The lowest BCUT2D eigenvalue weighted by molar-refractivity contribution is 0.0934. The monoisotopic (exact) mass is 285 g/mol. The predicted octanol–water partition coefficient (Wildman–Crippen LogP) is 1.95. The van der Waals surface area contributed by atoms with Gasteiger partial charge >= 0.3 is 0 Å². The van der Waals surface area contributed by atoms with Crippen molar-refractivity contribution in [1.82, 2.24) is 10.3 Å². The maximum absolute atomic E-state index is 12.2. The van der Waals surface area contributed by atoms with Crippen LogP contribution in [0.2, 0.25) is 0 Å². The average Bonchev–Trinajstić information content (AvgIpc) is 2.54. The predicted molar refractivity (Wildman–Crippen MR) is 77.6 cm³/mol. The first-order valence-electron chi connectivity index (χ1n) is 6.48. The first-order valence-corrected chi connectivity index (χ1v) is 6.48. The molecule has 2 N–H and O–H groups in total. The Balaban J connectivity index is 2.02. The lowest BCUT2D eigenvalue weighted by Crippen LogP contribution is -2.39. The molecule has 1 aromatic carbocycles. The Kier molecular flexibility index (Phi) is 3.35. The lowest BCUT2D eigenvalue weighted by atomic mass is 10.1. The number of carbonyl (C=O) groups is 1. The lowest BCUT2D eigenvalue weighted by Gasteiger charge is -2.28. The summed E-state index contributed by atoms with van der Waals surface area (Å²) in [6.07, 6.45) is 1.22. The van der Waals surface area contributed by atoms with E-state index in [0.29, 0.717) is 22.9 Å². The minimum absolute atomic E-state index is 0.174. The molecule has 1 atom stereocenters. The first-order chi connectivity index (χ1) is 10.2. The largest absolute Gasteiger partial charge is 0.493 e. The third-order valence-corrected chi connectivity index (χ3v) is 3.35. The van der Waals surface area contributed by atoms with E-state index in [4.69, 9.17) is 9.47 Å². The van der Waals surface area contributed by atoms with Gasteiger partial charge in [0.2, 0.25) is 0 Å². The van der Waals surface area contributed by atoms with Gasteiger partial charge in [-0.3, -0.25) is 4.79 Å². The standard InChI is InChI=1S/C15H15N3O3/c1-20-11-7-3-5-9(12(11)21-2)14-17-13-10(15(19)18-14)6-4-8-16-13/h3-8,14H,1-2H3,(H,16,17)(H,18,19). The Morgan fingerprint density at radius 1 is 1.10 bits per heavy atom. The molecule has 1 aliphatic rings. The summed E-state index contributed by atoms with van der Waals surface area (Å²) in [5.74, 6) is 1.57. The molecule has 1 aromatic heterocycles. The average molecular weight is 285 g/mol. The molecular formula is C15H15N3O3. The van der Waals surface area contributed by atoms with Gasteiger partial charge in [0.1, 0.15) is 12.0 Å². The summed E-state index contributed by atoms with van der Waals surface area (Å²) in [6.45, 7) is 0. The summed E-state index contributed by atoms with van der Waals surface area (Å²) in [4.78, 5) is 16.4. The van der Waals surface area contributed by atoms with Crippen LogP contribution >= 0.6 is 0 Å². The Bertz CT molecular complexity index is 688. The van der Waals surface area contributed by atoms with Crippen LogP contribution in [0.3, 0.4) is 0 Å². The molecule has 0 aliphatic carbocycles. The van der Waals surface area contributed by atoms with Gasteiger partial charge in [-0.25, -0.2) is 4.98 Å². The number of nitrogens with one attached hydrogen (secondary N) is 2. The molecule has 1 unspecified atom stereocenters. The molecule has 6 nitrogen and oxygen atoms in total. The zero-order valence-electron chi connectivity index (χ0n) is 11.7. The van der Waals surface area contributed by atoms with Crippen LogP contribution in [0.5, 0.6) is 11.5 Å². The fourth-order valence-electron chi connectivity index (χ4n) is 2.38. The fraction of sp³-hybridized carbons (Fsp3) is 0.200. The molecule has 1 amide bonds. The highest BCUT2D eigenvalue weighted by Crippen LogP contribution is 2.36. The van der Waals surface area contributed by atoms with Crippen molar-refractivity contribution in [3.63, 3.8) is 0 Å². The van der Waals surface area contributed by atoms with E-state index in [-0.39, 0.29) is 5.91 Å². The van der Waals surface area contributed by atoms with Gasteiger partial charge in [0, 0.05) is 11.8 Å². The number of amides is 1. The molecular weight excluding hydrogens is 270 g/mol. The van der Waals surface area contributed by atoms with E-state index >= 15 is 0 Å². The normalized spacial score (nSPS) is 16.5. The van der Waals surface area contributed by atoms with E-state index in [9.17, 15) is 4.79 Å². The number of ether oxygens (including phenoxy) is 2. The summed E-state index contributed by atoms with van der Waals surface area (Å²) in [6, 6.07) is 8.97. The number of carbonyl (C=O) groups excluding carboxylic acids is 1. The van der Waals surface area contributed by atoms with E-state index in [1.807, 2.05) is 12.1 Å². The van der Waals surface area contributed by atoms with Crippen molar-refractivity contribution < 1.29 is 14.3 Å². The van der Waals surface area contributed by atoms with Crippen LogP contribution in [0, 0.1) is 0 Å². The number of methoxy groups -OCH3 is 2. The Morgan fingerprint density at radius 2 is 1.95 bits per heavy atom. The van der Waals surface area contributed by atoms with Gasteiger partial charge in [-0.2, -0.15) is 0 Å². The molecule has 0 saturated carbocycles. The topological polar surface area (TPSA) is 72.5 Å². The number of aromatic nitrogens is 1. The summed E-state index contributed by atoms with van der Waals surface area (Å²) in [7, 11) is 3.14. The van der Waals surface area contributed by atoms with Crippen molar-refractivity contribution in [2.75, 3.05) is 19.5 Å². The number of anilines is 1. The van der Waals surface area contributed by atoms with Crippen molar-refractivity contribution in [2.24, 2.45) is 0 Å². The van der Waals surface area contributed by atoms with Crippen LogP contribution in [-0.2, 0) is 0 Å². The van der Waals surface area contributed by atoms with Gasteiger partial charge < -0.3 is 20.1 Å². The molecule has 0 bridgehead atoms. The SMILES string of the molecule is COc1cccc(C2NC(=O)c3cccnc3N2)c1OC. The third kappa shape index (κ3) is 2.24. The Labute approximate surface area is 122 Å².